The second-order valence-electron chi connectivity index (χ2n) is 3.89. The Morgan fingerprint density at radius 3 is 2.26 bits per heavy atom. The number of anilines is 1. The van der Waals surface area contributed by atoms with Crippen LogP contribution in [0, 0.1) is 17.5 Å². The molecule has 0 atom stereocenters. The molecular formula is C13H9ClF3NO. The summed E-state index contributed by atoms with van der Waals surface area (Å²) in [7, 11) is 0. The zero-order valence-corrected chi connectivity index (χ0v) is 10.3. The SMILES string of the molecule is Oc1ccc(CNc2cc(F)c(F)c(F)c2)cc1Cl. The first-order valence-corrected chi connectivity index (χ1v) is 5.71. The fraction of sp³-hybridized carbons (Fsp3) is 0.0769. The highest BCUT2D eigenvalue weighted by Crippen LogP contribution is 2.24. The van der Waals surface area contributed by atoms with Gasteiger partial charge in [-0.05, 0) is 17.7 Å². The molecule has 0 radical (unpaired) electrons. The van der Waals surface area contributed by atoms with Crippen molar-refractivity contribution in [2.75, 3.05) is 5.32 Å². The molecule has 2 aromatic carbocycles. The van der Waals surface area contributed by atoms with Gasteiger partial charge in [0.05, 0.1) is 5.02 Å². The Kier molecular flexibility index (Phi) is 3.85. The maximum atomic E-state index is 13.0. The standard InChI is InChI=1S/C13H9ClF3NO/c14-9-3-7(1-2-12(9)19)6-18-8-4-10(15)13(17)11(16)5-8/h1-5,18-19H,6H2. The zero-order valence-electron chi connectivity index (χ0n) is 9.55. The molecule has 19 heavy (non-hydrogen) atoms. The Bertz CT molecular complexity index is 596. The molecule has 0 aliphatic rings. The van der Waals surface area contributed by atoms with Crippen LogP contribution in [0.25, 0.3) is 0 Å². The normalized spacial score (nSPS) is 10.5. The van der Waals surface area contributed by atoms with Gasteiger partial charge in [0.25, 0.3) is 0 Å². The van der Waals surface area contributed by atoms with Gasteiger partial charge in [-0.3, -0.25) is 0 Å². The number of phenolic OH excluding ortho intramolecular Hbond substituents is 1. The van der Waals surface area contributed by atoms with Crippen LogP contribution in [0.2, 0.25) is 5.02 Å². The molecule has 0 saturated heterocycles. The lowest BCUT2D eigenvalue weighted by Gasteiger charge is -2.08. The minimum absolute atomic E-state index is 0.0516. The van der Waals surface area contributed by atoms with Crippen molar-refractivity contribution in [3.63, 3.8) is 0 Å². The van der Waals surface area contributed by atoms with E-state index >= 15 is 0 Å². The average Bonchev–Trinajstić information content (AvgIpc) is 2.37. The second-order valence-corrected chi connectivity index (χ2v) is 4.30. The molecule has 0 aliphatic carbocycles. The van der Waals surface area contributed by atoms with E-state index in [-0.39, 0.29) is 23.0 Å². The molecule has 0 heterocycles. The highest BCUT2D eigenvalue weighted by molar-refractivity contribution is 6.32. The molecule has 0 unspecified atom stereocenters. The third kappa shape index (κ3) is 3.12. The van der Waals surface area contributed by atoms with Gasteiger partial charge in [-0.2, -0.15) is 0 Å². The van der Waals surface area contributed by atoms with Gasteiger partial charge >= 0.3 is 0 Å². The fourth-order valence-corrected chi connectivity index (χ4v) is 1.73. The van der Waals surface area contributed by atoms with E-state index in [1.807, 2.05) is 0 Å². The number of phenols is 1. The minimum Gasteiger partial charge on any atom is -0.506 e. The van der Waals surface area contributed by atoms with Crippen molar-refractivity contribution in [1.29, 1.82) is 0 Å². The first-order chi connectivity index (χ1) is 8.97. The van der Waals surface area contributed by atoms with Gasteiger partial charge in [0, 0.05) is 24.4 Å². The van der Waals surface area contributed by atoms with E-state index < -0.39 is 17.5 Å². The summed E-state index contributed by atoms with van der Waals surface area (Å²) in [5.74, 6) is -4.07. The average molecular weight is 288 g/mol. The molecule has 0 amide bonds. The quantitative estimate of drug-likeness (QED) is 0.834. The van der Waals surface area contributed by atoms with E-state index in [9.17, 15) is 18.3 Å². The Balaban J connectivity index is 2.12. The van der Waals surface area contributed by atoms with E-state index in [1.165, 1.54) is 12.1 Å². The summed E-state index contributed by atoms with van der Waals surface area (Å²) in [6.07, 6.45) is 0. The maximum absolute atomic E-state index is 13.0. The molecule has 6 heteroatoms. The number of benzene rings is 2. The number of nitrogens with one attached hydrogen (secondary N) is 1. The van der Waals surface area contributed by atoms with Gasteiger partial charge < -0.3 is 10.4 Å². The van der Waals surface area contributed by atoms with Crippen LogP contribution in [-0.2, 0) is 6.54 Å². The summed E-state index contributed by atoms with van der Waals surface area (Å²) < 4.78 is 38.7. The Hall–Kier alpha value is -1.88. The predicted octanol–water partition coefficient (Wildman–Crippen LogP) is 4.08. The molecule has 100 valence electrons. The lowest BCUT2D eigenvalue weighted by molar-refractivity contribution is 0.447. The van der Waals surface area contributed by atoms with E-state index in [2.05, 4.69) is 5.32 Å². The van der Waals surface area contributed by atoms with Crippen LogP contribution in [0.1, 0.15) is 5.56 Å². The van der Waals surface area contributed by atoms with Gasteiger partial charge in [0.15, 0.2) is 17.5 Å². The first-order valence-electron chi connectivity index (χ1n) is 5.33. The fourth-order valence-electron chi connectivity index (χ4n) is 1.52. The topological polar surface area (TPSA) is 32.3 Å². The van der Waals surface area contributed by atoms with Gasteiger partial charge in [-0.1, -0.05) is 17.7 Å². The van der Waals surface area contributed by atoms with Gasteiger partial charge in [-0.25, -0.2) is 13.2 Å². The number of aromatic hydroxyl groups is 1. The van der Waals surface area contributed by atoms with Gasteiger partial charge in [-0.15, -0.1) is 0 Å². The molecule has 0 aromatic heterocycles. The molecule has 0 aliphatic heterocycles. The van der Waals surface area contributed by atoms with Crippen molar-refractivity contribution in [1.82, 2.24) is 0 Å². The summed E-state index contributed by atoms with van der Waals surface area (Å²) in [4.78, 5) is 0. The van der Waals surface area contributed by atoms with Crippen LogP contribution in [0.15, 0.2) is 30.3 Å². The maximum Gasteiger partial charge on any atom is 0.194 e. The number of hydrogen-bond acceptors (Lipinski definition) is 2. The summed E-state index contributed by atoms with van der Waals surface area (Å²) in [5.41, 5.74) is 0.813. The molecule has 2 nitrogen and oxygen atoms in total. The molecule has 2 rings (SSSR count). The van der Waals surface area contributed by atoms with E-state index in [4.69, 9.17) is 11.6 Å². The molecule has 2 N–H and O–H groups in total. The Morgan fingerprint density at radius 1 is 1.05 bits per heavy atom. The van der Waals surface area contributed by atoms with E-state index in [1.54, 1.807) is 6.07 Å². The summed E-state index contributed by atoms with van der Waals surface area (Å²) in [6, 6.07) is 6.25. The van der Waals surface area contributed by atoms with Crippen LogP contribution in [0.3, 0.4) is 0 Å². The van der Waals surface area contributed by atoms with Crippen molar-refractivity contribution < 1.29 is 18.3 Å². The van der Waals surface area contributed by atoms with Crippen LogP contribution in [0.5, 0.6) is 5.75 Å². The smallest absolute Gasteiger partial charge is 0.194 e. The van der Waals surface area contributed by atoms with Crippen molar-refractivity contribution >= 4 is 17.3 Å². The minimum atomic E-state index is -1.50. The predicted molar refractivity (Wildman–Crippen MR) is 66.8 cm³/mol. The zero-order chi connectivity index (χ0) is 14.0. The molecule has 0 saturated carbocycles. The Morgan fingerprint density at radius 2 is 1.68 bits per heavy atom. The van der Waals surface area contributed by atoms with Crippen molar-refractivity contribution in [3.05, 3.63) is 58.4 Å². The first kappa shape index (κ1) is 13.5. The lowest BCUT2D eigenvalue weighted by Crippen LogP contribution is -2.01. The third-order valence-electron chi connectivity index (χ3n) is 2.49. The summed E-state index contributed by atoms with van der Waals surface area (Å²) >= 11 is 5.72. The van der Waals surface area contributed by atoms with Crippen LogP contribution in [-0.4, -0.2) is 5.11 Å². The van der Waals surface area contributed by atoms with Crippen molar-refractivity contribution in [2.45, 2.75) is 6.54 Å². The molecule has 0 fully saturated rings. The molecular weight excluding hydrogens is 279 g/mol. The van der Waals surface area contributed by atoms with Gasteiger partial charge in [0.1, 0.15) is 5.75 Å². The van der Waals surface area contributed by atoms with Crippen LogP contribution >= 0.6 is 11.6 Å². The third-order valence-corrected chi connectivity index (χ3v) is 2.80. The van der Waals surface area contributed by atoms with Crippen molar-refractivity contribution in [2.24, 2.45) is 0 Å². The molecule has 2 aromatic rings. The van der Waals surface area contributed by atoms with Crippen molar-refractivity contribution in [3.8, 4) is 5.75 Å². The van der Waals surface area contributed by atoms with Crippen LogP contribution < -0.4 is 5.32 Å². The van der Waals surface area contributed by atoms with E-state index in [0.29, 0.717) is 5.56 Å². The number of rotatable bonds is 3. The summed E-state index contributed by atoms with van der Waals surface area (Å²) in [5, 5.41) is 12.1. The summed E-state index contributed by atoms with van der Waals surface area (Å²) in [6.45, 7) is 0.227. The highest BCUT2D eigenvalue weighted by Gasteiger charge is 2.10. The number of hydrogen-bond donors (Lipinski definition) is 2. The largest absolute Gasteiger partial charge is 0.506 e. The van der Waals surface area contributed by atoms with Gasteiger partial charge in [0.2, 0.25) is 0 Å². The van der Waals surface area contributed by atoms with Crippen LogP contribution in [0.4, 0.5) is 18.9 Å². The molecule has 0 bridgehead atoms. The molecule has 0 spiro atoms. The highest BCUT2D eigenvalue weighted by atomic mass is 35.5. The Labute approximate surface area is 112 Å². The van der Waals surface area contributed by atoms with E-state index in [0.717, 1.165) is 12.1 Å². The number of halogens is 4. The monoisotopic (exact) mass is 287 g/mol. The second kappa shape index (κ2) is 5.40. The lowest BCUT2D eigenvalue weighted by atomic mass is 10.2.